The number of rotatable bonds is 2. The molecule has 0 unspecified atom stereocenters. The van der Waals surface area contributed by atoms with Crippen LogP contribution in [0.4, 0.5) is 4.79 Å². The number of aromatic nitrogens is 1. The number of carbonyl (C=O) groups excluding carboxylic acids is 2. The molecule has 0 radical (unpaired) electrons. The maximum atomic E-state index is 12.7. The summed E-state index contributed by atoms with van der Waals surface area (Å²) in [6, 6.07) is 3.61. The van der Waals surface area contributed by atoms with E-state index in [1.165, 1.54) is 11.8 Å². The van der Waals surface area contributed by atoms with Crippen molar-refractivity contribution >= 4 is 23.8 Å². The molecule has 2 fully saturated rings. The Kier molecular flexibility index (Phi) is 4.24. The maximum Gasteiger partial charge on any atom is 0.407 e. The van der Waals surface area contributed by atoms with E-state index in [1.54, 1.807) is 12.3 Å². The van der Waals surface area contributed by atoms with Crippen LogP contribution < -0.4 is 5.32 Å². The summed E-state index contributed by atoms with van der Waals surface area (Å²) in [6.45, 7) is 1.81. The first-order valence-electron chi connectivity index (χ1n) is 7.39. The van der Waals surface area contributed by atoms with Crippen LogP contribution >= 0.6 is 11.8 Å². The molecule has 2 saturated heterocycles. The van der Waals surface area contributed by atoms with Crippen molar-refractivity contribution < 1.29 is 14.3 Å². The predicted octanol–water partition coefficient (Wildman–Crippen LogP) is 1.91. The van der Waals surface area contributed by atoms with Crippen molar-refractivity contribution in [1.29, 1.82) is 0 Å². The second-order valence-electron chi connectivity index (χ2n) is 5.63. The van der Waals surface area contributed by atoms with Crippen LogP contribution in [0.25, 0.3) is 0 Å². The molecule has 118 valence electrons. The molecule has 1 aromatic heterocycles. The second-order valence-corrected chi connectivity index (χ2v) is 6.43. The first kappa shape index (κ1) is 15.1. The lowest BCUT2D eigenvalue weighted by atomic mass is 9.95. The van der Waals surface area contributed by atoms with E-state index in [0.717, 1.165) is 17.9 Å². The molecule has 0 aliphatic carbocycles. The Bertz CT molecular complexity index is 595. The molecule has 0 bridgehead atoms. The number of nitrogens with one attached hydrogen (secondary N) is 1. The summed E-state index contributed by atoms with van der Waals surface area (Å²) >= 11 is 1.47. The third-order valence-corrected chi connectivity index (χ3v) is 4.96. The van der Waals surface area contributed by atoms with Gasteiger partial charge in [-0.15, -0.1) is 11.8 Å². The summed E-state index contributed by atoms with van der Waals surface area (Å²) in [5, 5.41) is 3.47. The maximum absolute atomic E-state index is 12.7. The van der Waals surface area contributed by atoms with Crippen LogP contribution in [0.1, 0.15) is 29.6 Å². The first-order valence-corrected chi connectivity index (χ1v) is 8.61. The molecule has 2 aliphatic rings. The summed E-state index contributed by atoms with van der Waals surface area (Å²) in [7, 11) is 0. The number of hydrogen-bond acceptors (Lipinski definition) is 5. The zero-order valence-electron chi connectivity index (χ0n) is 12.5. The molecule has 2 aliphatic heterocycles. The Labute approximate surface area is 133 Å². The minimum Gasteiger partial charge on any atom is -0.441 e. The van der Waals surface area contributed by atoms with Crippen LogP contribution in [-0.4, -0.2) is 53.4 Å². The Morgan fingerprint density at radius 1 is 1.45 bits per heavy atom. The van der Waals surface area contributed by atoms with E-state index >= 15 is 0 Å². The van der Waals surface area contributed by atoms with Crippen LogP contribution in [0.5, 0.6) is 0 Å². The number of nitrogens with zero attached hydrogens (tertiary/aromatic N) is 2. The van der Waals surface area contributed by atoms with E-state index < -0.39 is 5.60 Å². The van der Waals surface area contributed by atoms with Crippen LogP contribution in [0.2, 0.25) is 0 Å². The molecule has 22 heavy (non-hydrogen) atoms. The monoisotopic (exact) mass is 321 g/mol. The van der Waals surface area contributed by atoms with E-state index in [1.807, 2.05) is 17.2 Å². The van der Waals surface area contributed by atoms with Gasteiger partial charge in [-0.05, 0) is 31.2 Å². The van der Waals surface area contributed by atoms with Crippen molar-refractivity contribution in [1.82, 2.24) is 15.2 Å². The summed E-state index contributed by atoms with van der Waals surface area (Å²) in [4.78, 5) is 30.2. The van der Waals surface area contributed by atoms with Crippen molar-refractivity contribution in [2.75, 3.05) is 25.9 Å². The number of hydrogen-bond donors (Lipinski definition) is 1. The first-order chi connectivity index (χ1) is 10.6. The normalized spacial score (nSPS) is 24.8. The molecule has 1 spiro atoms. The molecular weight excluding hydrogens is 302 g/mol. The molecule has 1 N–H and O–H groups in total. The Hall–Kier alpha value is -1.76. The Morgan fingerprint density at radius 2 is 2.32 bits per heavy atom. The van der Waals surface area contributed by atoms with Crippen LogP contribution in [-0.2, 0) is 4.74 Å². The molecule has 3 rings (SSSR count). The minimum atomic E-state index is -0.441. The highest BCUT2D eigenvalue weighted by atomic mass is 32.2. The van der Waals surface area contributed by atoms with Gasteiger partial charge in [0.25, 0.3) is 5.91 Å². The number of carbonyl (C=O) groups is 2. The predicted molar refractivity (Wildman–Crippen MR) is 83.0 cm³/mol. The van der Waals surface area contributed by atoms with Crippen LogP contribution in [0.3, 0.4) is 0 Å². The van der Waals surface area contributed by atoms with Gasteiger partial charge in [-0.2, -0.15) is 0 Å². The quantitative estimate of drug-likeness (QED) is 0.843. The third-order valence-electron chi connectivity index (χ3n) is 4.24. The number of alkyl carbamates (subject to hydrolysis) is 1. The lowest BCUT2D eigenvalue weighted by molar-refractivity contribution is 0.0438. The topological polar surface area (TPSA) is 71.5 Å². The van der Waals surface area contributed by atoms with Crippen LogP contribution in [0.15, 0.2) is 23.4 Å². The van der Waals surface area contributed by atoms with Gasteiger partial charge in [-0.1, -0.05) is 0 Å². The molecule has 6 nitrogen and oxygen atoms in total. The van der Waals surface area contributed by atoms with Gasteiger partial charge in [0.1, 0.15) is 10.6 Å². The largest absolute Gasteiger partial charge is 0.441 e. The Morgan fingerprint density at radius 3 is 3.05 bits per heavy atom. The van der Waals surface area contributed by atoms with E-state index in [4.69, 9.17) is 4.74 Å². The van der Waals surface area contributed by atoms with E-state index in [9.17, 15) is 9.59 Å². The number of likely N-dealkylation sites (tertiary alicyclic amines) is 1. The lowest BCUT2D eigenvalue weighted by Crippen LogP contribution is -2.36. The highest BCUT2D eigenvalue weighted by molar-refractivity contribution is 7.98. The standard InChI is InChI=1S/C15H19N3O3S/c1-22-12-11(4-2-7-16-12)13(19)18-8-3-5-15(6-9-18)10-17-14(20)21-15/h2,4,7H,3,5-6,8-10H2,1H3,(H,17,20)/t15-/m0/s1. The van der Waals surface area contributed by atoms with Gasteiger partial charge in [-0.3, -0.25) is 4.79 Å². The van der Waals surface area contributed by atoms with Gasteiger partial charge in [-0.25, -0.2) is 9.78 Å². The molecular formula is C15H19N3O3S. The van der Waals surface area contributed by atoms with E-state index in [-0.39, 0.29) is 12.0 Å². The average Bonchev–Trinajstić information content (AvgIpc) is 2.78. The van der Waals surface area contributed by atoms with Crippen LogP contribution in [0, 0.1) is 0 Å². The SMILES string of the molecule is CSc1ncccc1C(=O)N1CCC[C@]2(CC1)CNC(=O)O2. The molecule has 7 heteroatoms. The van der Waals surface area contributed by atoms with Crippen molar-refractivity contribution in [2.24, 2.45) is 0 Å². The van der Waals surface area contributed by atoms with Crippen molar-refractivity contribution in [3.63, 3.8) is 0 Å². The second kappa shape index (κ2) is 6.16. The minimum absolute atomic E-state index is 0.00628. The number of amides is 2. The smallest absolute Gasteiger partial charge is 0.407 e. The van der Waals surface area contributed by atoms with Crippen molar-refractivity contribution in [3.8, 4) is 0 Å². The molecule has 2 amide bonds. The molecule has 1 aromatic rings. The summed E-state index contributed by atoms with van der Waals surface area (Å²) in [5.74, 6) is 0.00628. The summed E-state index contributed by atoms with van der Waals surface area (Å²) in [6.07, 6.45) is 5.56. The van der Waals surface area contributed by atoms with E-state index in [0.29, 0.717) is 31.6 Å². The average molecular weight is 321 g/mol. The van der Waals surface area contributed by atoms with Gasteiger partial charge in [0, 0.05) is 25.7 Å². The van der Waals surface area contributed by atoms with Gasteiger partial charge < -0.3 is 15.0 Å². The zero-order chi connectivity index (χ0) is 15.6. The molecule has 0 aromatic carbocycles. The fourth-order valence-electron chi connectivity index (χ4n) is 3.04. The highest BCUT2D eigenvalue weighted by Crippen LogP contribution is 2.30. The van der Waals surface area contributed by atoms with Gasteiger partial charge in [0.15, 0.2) is 0 Å². The van der Waals surface area contributed by atoms with Crippen molar-refractivity contribution in [3.05, 3.63) is 23.9 Å². The fraction of sp³-hybridized carbons (Fsp3) is 0.533. The van der Waals surface area contributed by atoms with Gasteiger partial charge >= 0.3 is 6.09 Å². The fourth-order valence-corrected chi connectivity index (χ4v) is 3.58. The lowest BCUT2D eigenvalue weighted by Gasteiger charge is -2.25. The zero-order valence-corrected chi connectivity index (χ0v) is 13.3. The summed E-state index contributed by atoms with van der Waals surface area (Å²) in [5.41, 5.74) is 0.205. The molecule has 0 saturated carbocycles. The molecule has 1 atom stereocenters. The number of pyridine rings is 1. The van der Waals surface area contributed by atoms with Gasteiger partial charge in [0.2, 0.25) is 0 Å². The van der Waals surface area contributed by atoms with Gasteiger partial charge in [0.05, 0.1) is 12.1 Å². The highest BCUT2D eigenvalue weighted by Gasteiger charge is 2.42. The van der Waals surface area contributed by atoms with E-state index in [2.05, 4.69) is 10.3 Å². The molecule has 3 heterocycles. The summed E-state index contributed by atoms with van der Waals surface area (Å²) < 4.78 is 5.44. The third kappa shape index (κ3) is 2.90. The number of thioether (sulfide) groups is 1. The Balaban J connectivity index is 1.73. The van der Waals surface area contributed by atoms with Crippen molar-refractivity contribution in [2.45, 2.75) is 29.9 Å². The number of ether oxygens (including phenoxy) is 1.